The largest absolute Gasteiger partial charge is 0.469 e. The Bertz CT molecular complexity index is 587. The van der Waals surface area contributed by atoms with E-state index in [1.54, 1.807) is 24.3 Å². The fraction of sp³-hybridized carbons (Fsp3) is 0.385. The van der Waals surface area contributed by atoms with Crippen molar-refractivity contribution in [2.45, 2.75) is 18.6 Å². The van der Waals surface area contributed by atoms with Gasteiger partial charge < -0.3 is 4.74 Å². The second-order valence-corrected chi connectivity index (χ2v) is 6.22. The van der Waals surface area contributed by atoms with E-state index in [9.17, 15) is 13.2 Å². The number of benzene rings is 1. The van der Waals surface area contributed by atoms with Crippen molar-refractivity contribution in [1.82, 2.24) is 0 Å². The maximum atomic E-state index is 11.9. The summed E-state index contributed by atoms with van der Waals surface area (Å²) in [5, 5.41) is 8.89. The smallest absolute Gasteiger partial charge is 0.305 e. The molecule has 0 atom stereocenters. The minimum absolute atomic E-state index is 0.0790. The molecule has 0 saturated heterocycles. The van der Waals surface area contributed by atoms with Gasteiger partial charge in [0.15, 0.2) is 9.84 Å². The second-order valence-electron chi connectivity index (χ2n) is 4.04. The van der Waals surface area contributed by atoms with Crippen LogP contribution < -0.4 is 0 Å². The SMILES string of the molecule is COC(=O)CCCS(=O)(=O)Cc1ccccc1C#N. The summed E-state index contributed by atoms with van der Waals surface area (Å²) in [5.41, 5.74) is 0.849. The Morgan fingerprint density at radius 2 is 2.05 bits per heavy atom. The van der Waals surface area contributed by atoms with E-state index in [0.29, 0.717) is 11.1 Å². The zero-order chi connectivity index (χ0) is 14.3. The number of esters is 1. The van der Waals surface area contributed by atoms with E-state index < -0.39 is 15.8 Å². The molecule has 1 aromatic carbocycles. The molecule has 1 rings (SSSR count). The van der Waals surface area contributed by atoms with Crippen LogP contribution in [-0.4, -0.2) is 27.2 Å². The summed E-state index contributed by atoms with van der Waals surface area (Å²) >= 11 is 0. The number of nitriles is 1. The lowest BCUT2D eigenvalue weighted by Gasteiger charge is -2.05. The lowest BCUT2D eigenvalue weighted by molar-refractivity contribution is -0.140. The number of hydrogen-bond donors (Lipinski definition) is 0. The van der Waals surface area contributed by atoms with Gasteiger partial charge >= 0.3 is 5.97 Å². The third-order valence-corrected chi connectivity index (χ3v) is 4.24. The molecule has 5 nitrogen and oxygen atoms in total. The van der Waals surface area contributed by atoms with Gasteiger partial charge in [0.2, 0.25) is 0 Å². The predicted octanol–water partition coefficient (Wildman–Crippen LogP) is 1.43. The monoisotopic (exact) mass is 281 g/mol. The highest BCUT2D eigenvalue weighted by Gasteiger charge is 2.15. The summed E-state index contributed by atoms with van der Waals surface area (Å²) in [6.45, 7) is 0. The van der Waals surface area contributed by atoms with Crippen molar-refractivity contribution in [3.63, 3.8) is 0 Å². The molecule has 0 saturated carbocycles. The van der Waals surface area contributed by atoms with E-state index in [1.807, 2.05) is 6.07 Å². The number of carbonyl (C=O) groups is 1. The molecule has 0 aliphatic heterocycles. The molecule has 0 spiro atoms. The maximum absolute atomic E-state index is 11.9. The van der Waals surface area contributed by atoms with Crippen LogP contribution in [0.2, 0.25) is 0 Å². The van der Waals surface area contributed by atoms with Gasteiger partial charge in [-0.2, -0.15) is 5.26 Å². The zero-order valence-corrected chi connectivity index (χ0v) is 11.4. The second kappa shape index (κ2) is 6.90. The predicted molar refractivity (Wildman–Crippen MR) is 69.9 cm³/mol. The van der Waals surface area contributed by atoms with Crippen LogP contribution in [-0.2, 0) is 25.1 Å². The highest BCUT2D eigenvalue weighted by molar-refractivity contribution is 7.90. The molecule has 0 aliphatic rings. The zero-order valence-electron chi connectivity index (χ0n) is 10.6. The van der Waals surface area contributed by atoms with Crippen LogP contribution in [0, 0.1) is 11.3 Å². The molecule has 6 heteroatoms. The molecular formula is C13H15NO4S. The van der Waals surface area contributed by atoms with E-state index >= 15 is 0 Å². The fourth-order valence-corrected chi connectivity index (χ4v) is 3.06. The molecular weight excluding hydrogens is 266 g/mol. The molecule has 0 aliphatic carbocycles. The number of ether oxygens (including phenoxy) is 1. The Morgan fingerprint density at radius 1 is 1.37 bits per heavy atom. The van der Waals surface area contributed by atoms with Crippen LogP contribution in [0.1, 0.15) is 24.0 Å². The van der Waals surface area contributed by atoms with Crippen molar-refractivity contribution in [3.8, 4) is 6.07 Å². The van der Waals surface area contributed by atoms with Gasteiger partial charge in [0.25, 0.3) is 0 Å². The van der Waals surface area contributed by atoms with Gasteiger partial charge in [-0.25, -0.2) is 8.42 Å². The highest BCUT2D eigenvalue weighted by Crippen LogP contribution is 2.13. The van der Waals surface area contributed by atoms with E-state index in [1.165, 1.54) is 7.11 Å². The van der Waals surface area contributed by atoms with E-state index in [2.05, 4.69) is 4.74 Å². The molecule has 0 amide bonds. The average Bonchev–Trinajstić information content (AvgIpc) is 2.38. The van der Waals surface area contributed by atoms with Crippen molar-refractivity contribution in [1.29, 1.82) is 5.26 Å². The van der Waals surface area contributed by atoms with Crippen molar-refractivity contribution in [2.24, 2.45) is 0 Å². The first kappa shape index (κ1) is 15.2. The van der Waals surface area contributed by atoms with Crippen LogP contribution in [0.25, 0.3) is 0 Å². The van der Waals surface area contributed by atoms with Crippen LogP contribution in [0.4, 0.5) is 0 Å². The summed E-state index contributed by atoms with van der Waals surface area (Å²) in [7, 11) is -2.07. The third-order valence-electron chi connectivity index (χ3n) is 2.58. The van der Waals surface area contributed by atoms with Crippen molar-refractivity contribution in [2.75, 3.05) is 12.9 Å². The number of methoxy groups -OCH3 is 1. The number of nitrogens with zero attached hydrogens (tertiary/aromatic N) is 1. The van der Waals surface area contributed by atoms with E-state index in [4.69, 9.17) is 5.26 Å². The Labute approximate surface area is 112 Å². The van der Waals surface area contributed by atoms with Crippen molar-refractivity contribution in [3.05, 3.63) is 35.4 Å². The summed E-state index contributed by atoms with van der Waals surface area (Å²) in [4.78, 5) is 10.9. The molecule has 19 heavy (non-hydrogen) atoms. The first-order chi connectivity index (χ1) is 8.98. The Morgan fingerprint density at radius 3 is 2.68 bits per heavy atom. The molecule has 102 valence electrons. The van der Waals surface area contributed by atoms with Gasteiger partial charge in [-0.05, 0) is 18.1 Å². The van der Waals surface area contributed by atoms with E-state index in [0.717, 1.165) is 0 Å². The summed E-state index contributed by atoms with van der Waals surface area (Å²) in [5.74, 6) is -0.702. The van der Waals surface area contributed by atoms with Crippen LogP contribution in [0.15, 0.2) is 24.3 Å². The van der Waals surface area contributed by atoms with Gasteiger partial charge in [0, 0.05) is 6.42 Å². The van der Waals surface area contributed by atoms with Crippen molar-refractivity contribution >= 4 is 15.8 Å². The lowest BCUT2D eigenvalue weighted by atomic mass is 10.1. The first-order valence-electron chi connectivity index (χ1n) is 5.74. The molecule has 0 aromatic heterocycles. The fourth-order valence-electron chi connectivity index (χ4n) is 1.60. The molecule has 0 unspecified atom stereocenters. The summed E-state index contributed by atoms with van der Waals surface area (Å²) in [6.07, 6.45) is 0.305. The molecule has 0 N–H and O–H groups in total. The molecule has 0 heterocycles. The third kappa shape index (κ3) is 5.10. The summed E-state index contributed by atoms with van der Waals surface area (Å²) < 4.78 is 28.2. The minimum Gasteiger partial charge on any atom is -0.469 e. The number of sulfone groups is 1. The van der Waals surface area contributed by atoms with Gasteiger partial charge in [-0.3, -0.25) is 4.79 Å². The van der Waals surface area contributed by atoms with E-state index in [-0.39, 0.29) is 24.3 Å². The Hall–Kier alpha value is -1.87. The van der Waals surface area contributed by atoms with Gasteiger partial charge in [-0.15, -0.1) is 0 Å². The quantitative estimate of drug-likeness (QED) is 0.736. The first-order valence-corrected chi connectivity index (χ1v) is 7.56. The van der Waals surface area contributed by atoms with Crippen LogP contribution >= 0.6 is 0 Å². The van der Waals surface area contributed by atoms with Gasteiger partial charge in [-0.1, -0.05) is 18.2 Å². The minimum atomic E-state index is -3.33. The Kier molecular flexibility index (Phi) is 5.52. The van der Waals surface area contributed by atoms with Crippen molar-refractivity contribution < 1.29 is 17.9 Å². The molecule has 0 radical (unpaired) electrons. The molecule has 0 bridgehead atoms. The van der Waals surface area contributed by atoms with Crippen LogP contribution in [0.3, 0.4) is 0 Å². The average molecular weight is 281 g/mol. The topological polar surface area (TPSA) is 84.2 Å². The normalized spacial score (nSPS) is 10.7. The Balaban J connectivity index is 2.65. The van der Waals surface area contributed by atoms with Gasteiger partial charge in [0.1, 0.15) is 0 Å². The van der Waals surface area contributed by atoms with Crippen LogP contribution in [0.5, 0.6) is 0 Å². The maximum Gasteiger partial charge on any atom is 0.305 e. The highest BCUT2D eigenvalue weighted by atomic mass is 32.2. The molecule has 1 aromatic rings. The molecule has 0 fully saturated rings. The standard InChI is InChI=1S/C13H15NO4S/c1-18-13(15)7-4-8-19(16,17)10-12-6-3-2-5-11(12)9-14/h2-3,5-6H,4,7-8,10H2,1H3. The number of hydrogen-bond acceptors (Lipinski definition) is 5. The van der Waals surface area contributed by atoms with Gasteiger partial charge in [0.05, 0.1) is 30.2 Å². The number of rotatable bonds is 6. The number of carbonyl (C=O) groups excluding carboxylic acids is 1. The summed E-state index contributed by atoms with van der Waals surface area (Å²) in [6, 6.07) is 8.55. The lowest BCUT2D eigenvalue weighted by Crippen LogP contribution is -2.12.